The Morgan fingerprint density at radius 2 is 2.05 bits per heavy atom. The summed E-state index contributed by atoms with van der Waals surface area (Å²) in [4.78, 5) is 13.6. The molecular weight excluding hydrogens is 268 g/mol. The summed E-state index contributed by atoms with van der Waals surface area (Å²) in [5.74, 6) is 0.0375. The summed E-state index contributed by atoms with van der Waals surface area (Å²) in [5.41, 5.74) is 0.192. The molecular formula is C16H24N2O3. The SMILES string of the molecule is COc1ccc(N(C)CCC(C)(NC2CC2)C(=O)O)cc1. The van der Waals surface area contributed by atoms with Gasteiger partial charge in [0, 0.05) is 25.3 Å². The van der Waals surface area contributed by atoms with Gasteiger partial charge in [-0.3, -0.25) is 10.1 Å². The highest BCUT2D eigenvalue weighted by Crippen LogP contribution is 2.25. The number of nitrogens with zero attached hydrogens (tertiary/aromatic N) is 1. The van der Waals surface area contributed by atoms with Gasteiger partial charge in [-0.05, 0) is 50.5 Å². The third-order valence-electron chi connectivity index (χ3n) is 4.03. The summed E-state index contributed by atoms with van der Waals surface area (Å²) >= 11 is 0. The molecule has 1 saturated carbocycles. The molecule has 0 amide bonds. The lowest BCUT2D eigenvalue weighted by Crippen LogP contribution is -2.52. The summed E-state index contributed by atoms with van der Waals surface area (Å²) in [6.07, 6.45) is 2.72. The van der Waals surface area contributed by atoms with Crippen LogP contribution < -0.4 is 15.0 Å². The molecule has 5 nitrogen and oxygen atoms in total. The minimum atomic E-state index is -0.859. The summed E-state index contributed by atoms with van der Waals surface area (Å²) < 4.78 is 5.14. The van der Waals surface area contributed by atoms with E-state index in [1.54, 1.807) is 14.0 Å². The van der Waals surface area contributed by atoms with Crippen LogP contribution in [0.2, 0.25) is 0 Å². The Bertz CT molecular complexity index is 485. The van der Waals surface area contributed by atoms with E-state index in [2.05, 4.69) is 10.2 Å². The molecule has 5 heteroatoms. The molecule has 1 aromatic carbocycles. The highest BCUT2D eigenvalue weighted by Gasteiger charge is 2.38. The number of aliphatic carboxylic acids is 1. The summed E-state index contributed by atoms with van der Waals surface area (Å²) in [7, 11) is 3.61. The maximum Gasteiger partial charge on any atom is 0.323 e. The Labute approximate surface area is 125 Å². The van der Waals surface area contributed by atoms with E-state index in [0.29, 0.717) is 19.0 Å². The number of hydrogen-bond acceptors (Lipinski definition) is 4. The maximum absolute atomic E-state index is 11.5. The van der Waals surface area contributed by atoms with Crippen LogP contribution in [0, 0.1) is 0 Å². The molecule has 0 aliphatic heterocycles. The first-order chi connectivity index (χ1) is 9.94. The van der Waals surface area contributed by atoms with Crippen LogP contribution in [-0.4, -0.2) is 43.4 Å². The molecule has 21 heavy (non-hydrogen) atoms. The minimum absolute atomic E-state index is 0.373. The van der Waals surface area contributed by atoms with E-state index in [1.807, 2.05) is 31.3 Å². The van der Waals surface area contributed by atoms with Crippen molar-refractivity contribution in [3.8, 4) is 5.75 Å². The van der Waals surface area contributed by atoms with Gasteiger partial charge in [0.15, 0.2) is 0 Å². The number of carboxylic acids is 1. The first-order valence-electron chi connectivity index (χ1n) is 7.31. The van der Waals surface area contributed by atoms with Crippen LogP contribution in [0.15, 0.2) is 24.3 Å². The number of nitrogens with one attached hydrogen (secondary N) is 1. The van der Waals surface area contributed by atoms with Crippen LogP contribution in [0.5, 0.6) is 5.75 Å². The van der Waals surface area contributed by atoms with Crippen molar-refractivity contribution >= 4 is 11.7 Å². The summed E-state index contributed by atoms with van der Waals surface area (Å²) in [6.45, 7) is 2.45. The fourth-order valence-electron chi connectivity index (χ4n) is 2.28. The van der Waals surface area contributed by atoms with E-state index in [-0.39, 0.29) is 0 Å². The van der Waals surface area contributed by atoms with Crippen molar-refractivity contribution in [2.24, 2.45) is 0 Å². The fourth-order valence-corrected chi connectivity index (χ4v) is 2.28. The number of carbonyl (C=O) groups is 1. The smallest absolute Gasteiger partial charge is 0.323 e. The Kier molecular flexibility index (Phi) is 4.73. The van der Waals surface area contributed by atoms with Gasteiger partial charge in [-0.15, -0.1) is 0 Å². The van der Waals surface area contributed by atoms with Gasteiger partial charge in [-0.1, -0.05) is 0 Å². The maximum atomic E-state index is 11.5. The monoisotopic (exact) mass is 292 g/mol. The third-order valence-corrected chi connectivity index (χ3v) is 4.03. The van der Waals surface area contributed by atoms with Gasteiger partial charge in [-0.2, -0.15) is 0 Å². The molecule has 1 aromatic rings. The topological polar surface area (TPSA) is 61.8 Å². The summed E-state index contributed by atoms with van der Waals surface area (Å²) in [6, 6.07) is 8.14. The first kappa shape index (κ1) is 15.6. The third kappa shape index (κ3) is 4.11. The van der Waals surface area contributed by atoms with E-state index in [0.717, 1.165) is 24.3 Å². The Morgan fingerprint density at radius 3 is 2.52 bits per heavy atom. The normalized spacial score (nSPS) is 17.1. The molecule has 1 fully saturated rings. The van der Waals surface area contributed by atoms with E-state index < -0.39 is 11.5 Å². The van der Waals surface area contributed by atoms with Crippen LogP contribution in [0.1, 0.15) is 26.2 Å². The number of benzene rings is 1. The van der Waals surface area contributed by atoms with Gasteiger partial charge in [0.1, 0.15) is 11.3 Å². The van der Waals surface area contributed by atoms with Crippen molar-refractivity contribution in [3.63, 3.8) is 0 Å². The van der Waals surface area contributed by atoms with Crippen molar-refractivity contribution in [3.05, 3.63) is 24.3 Å². The largest absolute Gasteiger partial charge is 0.497 e. The fraction of sp³-hybridized carbons (Fsp3) is 0.562. The van der Waals surface area contributed by atoms with E-state index >= 15 is 0 Å². The molecule has 0 radical (unpaired) electrons. The van der Waals surface area contributed by atoms with Crippen LogP contribution in [0.3, 0.4) is 0 Å². The standard InChI is InChI=1S/C16H24N2O3/c1-16(15(19)20,17-12-4-5-12)10-11-18(2)13-6-8-14(21-3)9-7-13/h6-9,12,17H,4-5,10-11H2,1-3H3,(H,19,20). The zero-order valence-electron chi connectivity index (χ0n) is 12.9. The number of hydrogen-bond donors (Lipinski definition) is 2. The van der Waals surface area contributed by atoms with Crippen molar-refractivity contribution in [2.45, 2.75) is 37.8 Å². The second kappa shape index (κ2) is 6.35. The van der Waals surface area contributed by atoms with Gasteiger partial charge in [0.25, 0.3) is 0 Å². The quantitative estimate of drug-likeness (QED) is 0.768. The highest BCUT2D eigenvalue weighted by atomic mass is 16.5. The van der Waals surface area contributed by atoms with E-state index in [1.165, 1.54) is 0 Å². The molecule has 0 aromatic heterocycles. The molecule has 0 bridgehead atoms. The Hall–Kier alpha value is -1.75. The van der Waals surface area contributed by atoms with Gasteiger partial charge < -0.3 is 14.7 Å². The van der Waals surface area contributed by atoms with Crippen molar-refractivity contribution in [1.29, 1.82) is 0 Å². The van der Waals surface area contributed by atoms with Crippen LogP contribution >= 0.6 is 0 Å². The number of ether oxygens (including phenoxy) is 1. The minimum Gasteiger partial charge on any atom is -0.497 e. The van der Waals surface area contributed by atoms with Gasteiger partial charge in [0.2, 0.25) is 0 Å². The van der Waals surface area contributed by atoms with E-state index in [9.17, 15) is 9.90 Å². The number of methoxy groups -OCH3 is 1. The zero-order chi connectivity index (χ0) is 15.5. The van der Waals surface area contributed by atoms with Gasteiger partial charge >= 0.3 is 5.97 Å². The molecule has 0 heterocycles. The Morgan fingerprint density at radius 1 is 1.43 bits per heavy atom. The average Bonchev–Trinajstić information content (AvgIpc) is 3.28. The molecule has 2 N–H and O–H groups in total. The average molecular weight is 292 g/mol. The van der Waals surface area contributed by atoms with Crippen LogP contribution in [0.4, 0.5) is 5.69 Å². The first-order valence-corrected chi connectivity index (χ1v) is 7.31. The number of rotatable bonds is 8. The van der Waals surface area contributed by atoms with Crippen LogP contribution in [0.25, 0.3) is 0 Å². The Balaban J connectivity index is 1.93. The van der Waals surface area contributed by atoms with Crippen molar-refractivity contribution in [2.75, 3.05) is 25.6 Å². The molecule has 1 atom stereocenters. The highest BCUT2D eigenvalue weighted by molar-refractivity contribution is 5.78. The van der Waals surface area contributed by atoms with Crippen LogP contribution in [-0.2, 0) is 4.79 Å². The second-order valence-corrected chi connectivity index (χ2v) is 5.93. The second-order valence-electron chi connectivity index (χ2n) is 5.93. The molecule has 1 aliphatic rings. The van der Waals surface area contributed by atoms with Gasteiger partial charge in [-0.25, -0.2) is 0 Å². The molecule has 0 spiro atoms. The molecule has 2 rings (SSSR count). The molecule has 0 saturated heterocycles. The van der Waals surface area contributed by atoms with Crippen molar-refractivity contribution < 1.29 is 14.6 Å². The molecule has 1 aliphatic carbocycles. The number of anilines is 1. The molecule has 1 unspecified atom stereocenters. The summed E-state index contributed by atoms with van der Waals surface area (Å²) in [5, 5.41) is 12.7. The molecule has 116 valence electrons. The van der Waals surface area contributed by atoms with Crippen molar-refractivity contribution in [1.82, 2.24) is 5.32 Å². The predicted octanol–water partition coefficient (Wildman–Crippen LogP) is 2.12. The number of carboxylic acid groups (broad SMARTS) is 1. The lowest BCUT2D eigenvalue weighted by Gasteiger charge is -2.29. The lowest BCUT2D eigenvalue weighted by molar-refractivity contribution is -0.144. The van der Waals surface area contributed by atoms with Gasteiger partial charge in [0.05, 0.1) is 7.11 Å². The lowest BCUT2D eigenvalue weighted by atomic mass is 9.97. The van der Waals surface area contributed by atoms with E-state index in [4.69, 9.17) is 4.74 Å². The zero-order valence-corrected chi connectivity index (χ0v) is 12.9. The predicted molar refractivity (Wildman–Crippen MR) is 83.1 cm³/mol.